The van der Waals surface area contributed by atoms with E-state index >= 15 is 0 Å². The lowest BCUT2D eigenvalue weighted by molar-refractivity contribution is -0.127. The number of amides is 1. The van der Waals surface area contributed by atoms with E-state index in [2.05, 4.69) is 15.1 Å². The average Bonchev–Trinajstić information content (AvgIpc) is 2.97. The summed E-state index contributed by atoms with van der Waals surface area (Å²) >= 11 is 0. The van der Waals surface area contributed by atoms with Gasteiger partial charge in [-0.15, -0.1) is 0 Å². The van der Waals surface area contributed by atoms with Crippen LogP contribution in [0.3, 0.4) is 0 Å². The number of hydrogen-bond acceptors (Lipinski definition) is 5. The third-order valence-electron chi connectivity index (χ3n) is 4.38. The predicted octanol–water partition coefficient (Wildman–Crippen LogP) is -0.331. The second-order valence-electron chi connectivity index (χ2n) is 6.24. The molecule has 0 aromatic rings. The van der Waals surface area contributed by atoms with E-state index in [9.17, 15) is 9.90 Å². The number of nitrogens with one attached hydrogen (secondary N) is 1. The van der Waals surface area contributed by atoms with Crippen LogP contribution in [0.1, 0.15) is 26.7 Å². The highest BCUT2D eigenvalue weighted by molar-refractivity contribution is 5.81. The van der Waals surface area contributed by atoms with Gasteiger partial charge in [0.15, 0.2) is 0 Å². The predicted molar refractivity (Wildman–Crippen MR) is 81.1 cm³/mol. The second-order valence-corrected chi connectivity index (χ2v) is 6.24. The van der Waals surface area contributed by atoms with Crippen molar-refractivity contribution in [3.63, 3.8) is 0 Å². The fourth-order valence-electron chi connectivity index (χ4n) is 3.04. The zero-order chi connectivity index (χ0) is 15.2. The van der Waals surface area contributed by atoms with Crippen LogP contribution in [0.15, 0.2) is 0 Å². The molecule has 3 atom stereocenters. The molecular formula is C15H29N3O3. The van der Waals surface area contributed by atoms with E-state index in [0.717, 1.165) is 45.6 Å². The Hall–Kier alpha value is -0.690. The number of aliphatic hydroxyl groups excluding tert-OH is 1. The summed E-state index contributed by atoms with van der Waals surface area (Å²) in [4.78, 5) is 16.7. The van der Waals surface area contributed by atoms with E-state index in [1.807, 2.05) is 13.8 Å². The molecule has 0 saturated carbocycles. The van der Waals surface area contributed by atoms with Crippen LogP contribution in [-0.4, -0.2) is 84.9 Å². The Labute approximate surface area is 127 Å². The minimum Gasteiger partial charge on any atom is -0.392 e. The maximum absolute atomic E-state index is 12.2. The molecule has 0 unspecified atom stereocenters. The SMILES string of the molecule is C[C@H](O)CN1CCN([C@H](C)C(=O)NC[C@H]2CCCO2)CC1. The first-order valence-electron chi connectivity index (χ1n) is 8.10. The Morgan fingerprint density at radius 1 is 1.33 bits per heavy atom. The molecule has 2 aliphatic rings. The largest absolute Gasteiger partial charge is 0.392 e. The summed E-state index contributed by atoms with van der Waals surface area (Å²) in [6.45, 7) is 9.52. The molecule has 0 spiro atoms. The van der Waals surface area contributed by atoms with Crippen LogP contribution < -0.4 is 5.32 Å². The van der Waals surface area contributed by atoms with Gasteiger partial charge in [-0.1, -0.05) is 0 Å². The fourth-order valence-corrected chi connectivity index (χ4v) is 3.04. The summed E-state index contributed by atoms with van der Waals surface area (Å²) < 4.78 is 5.52. The number of rotatable bonds is 6. The van der Waals surface area contributed by atoms with Crippen LogP contribution >= 0.6 is 0 Å². The van der Waals surface area contributed by atoms with Crippen molar-refractivity contribution in [1.29, 1.82) is 0 Å². The molecule has 2 N–H and O–H groups in total. The van der Waals surface area contributed by atoms with Crippen LogP contribution in [0.5, 0.6) is 0 Å². The van der Waals surface area contributed by atoms with Gasteiger partial charge in [0.2, 0.25) is 5.91 Å². The van der Waals surface area contributed by atoms with Crippen molar-refractivity contribution in [2.24, 2.45) is 0 Å². The molecule has 6 heteroatoms. The first-order valence-corrected chi connectivity index (χ1v) is 8.10. The van der Waals surface area contributed by atoms with Crippen LogP contribution in [0.4, 0.5) is 0 Å². The van der Waals surface area contributed by atoms with Gasteiger partial charge in [-0.05, 0) is 26.7 Å². The van der Waals surface area contributed by atoms with Crippen molar-refractivity contribution in [3.8, 4) is 0 Å². The first-order chi connectivity index (χ1) is 10.1. The fraction of sp³-hybridized carbons (Fsp3) is 0.933. The molecule has 0 radical (unpaired) electrons. The number of carbonyl (C=O) groups excluding carboxylic acids is 1. The monoisotopic (exact) mass is 299 g/mol. The number of hydrogen-bond donors (Lipinski definition) is 2. The summed E-state index contributed by atoms with van der Waals surface area (Å²) in [6, 6.07) is -0.0971. The molecule has 0 aromatic carbocycles. The molecule has 2 rings (SSSR count). The van der Waals surface area contributed by atoms with Gasteiger partial charge in [0, 0.05) is 45.9 Å². The van der Waals surface area contributed by atoms with Gasteiger partial charge in [-0.25, -0.2) is 0 Å². The quantitative estimate of drug-likeness (QED) is 0.703. The summed E-state index contributed by atoms with van der Waals surface area (Å²) in [5.74, 6) is 0.0921. The van der Waals surface area contributed by atoms with Crippen molar-refractivity contribution >= 4 is 5.91 Å². The molecular weight excluding hydrogens is 270 g/mol. The van der Waals surface area contributed by atoms with Crippen molar-refractivity contribution in [3.05, 3.63) is 0 Å². The molecule has 0 aromatic heterocycles. The number of nitrogens with zero attached hydrogens (tertiary/aromatic N) is 2. The minimum atomic E-state index is -0.288. The van der Waals surface area contributed by atoms with Gasteiger partial charge in [0.05, 0.1) is 18.2 Å². The lowest BCUT2D eigenvalue weighted by Crippen LogP contribution is -2.55. The standard InChI is InChI=1S/C15H29N3O3/c1-12(19)11-17-5-7-18(8-6-17)13(2)15(20)16-10-14-4-3-9-21-14/h12-14,19H,3-11H2,1-2H3,(H,16,20)/t12-,13+,14+/m0/s1. The number of piperazine rings is 1. The van der Waals surface area contributed by atoms with Crippen molar-refractivity contribution < 1.29 is 14.6 Å². The Kier molecular flexibility index (Phi) is 6.41. The summed E-state index contributed by atoms with van der Waals surface area (Å²) in [5.41, 5.74) is 0. The van der Waals surface area contributed by atoms with E-state index < -0.39 is 0 Å². The molecule has 2 saturated heterocycles. The highest BCUT2D eigenvalue weighted by atomic mass is 16.5. The van der Waals surface area contributed by atoms with Crippen LogP contribution in [0.2, 0.25) is 0 Å². The zero-order valence-corrected chi connectivity index (χ0v) is 13.3. The Morgan fingerprint density at radius 3 is 2.62 bits per heavy atom. The topological polar surface area (TPSA) is 65.0 Å². The van der Waals surface area contributed by atoms with Crippen molar-refractivity contribution in [2.75, 3.05) is 45.9 Å². The highest BCUT2D eigenvalue weighted by Gasteiger charge is 2.26. The Balaban J connectivity index is 1.68. The number of ether oxygens (including phenoxy) is 1. The molecule has 2 aliphatic heterocycles. The summed E-state index contributed by atoms with van der Waals surface area (Å²) in [7, 11) is 0. The molecule has 122 valence electrons. The third kappa shape index (κ3) is 5.21. The maximum Gasteiger partial charge on any atom is 0.237 e. The molecule has 0 bridgehead atoms. The van der Waals surface area contributed by atoms with Gasteiger partial charge in [-0.3, -0.25) is 14.6 Å². The normalized spacial score (nSPS) is 27.5. The summed E-state index contributed by atoms with van der Waals surface area (Å²) in [5, 5.41) is 12.4. The minimum absolute atomic E-state index is 0.0921. The van der Waals surface area contributed by atoms with E-state index in [4.69, 9.17) is 4.74 Å². The van der Waals surface area contributed by atoms with Crippen LogP contribution in [-0.2, 0) is 9.53 Å². The van der Waals surface area contributed by atoms with Gasteiger partial charge in [0.1, 0.15) is 0 Å². The van der Waals surface area contributed by atoms with E-state index in [1.165, 1.54) is 0 Å². The number of aliphatic hydroxyl groups is 1. The van der Waals surface area contributed by atoms with Crippen molar-refractivity contribution in [1.82, 2.24) is 15.1 Å². The molecule has 2 heterocycles. The van der Waals surface area contributed by atoms with E-state index in [1.54, 1.807) is 0 Å². The van der Waals surface area contributed by atoms with Gasteiger partial charge in [0.25, 0.3) is 0 Å². The van der Waals surface area contributed by atoms with Crippen molar-refractivity contribution in [2.45, 2.75) is 44.9 Å². The highest BCUT2D eigenvalue weighted by Crippen LogP contribution is 2.11. The van der Waals surface area contributed by atoms with Crippen LogP contribution in [0, 0.1) is 0 Å². The van der Waals surface area contributed by atoms with Gasteiger partial charge < -0.3 is 15.2 Å². The average molecular weight is 299 g/mol. The van der Waals surface area contributed by atoms with Gasteiger partial charge in [-0.2, -0.15) is 0 Å². The van der Waals surface area contributed by atoms with Gasteiger partial charge >= 0.3 is 0 Å². The lowest BCUT2D eigenvalue weighted by atomic mass is 10.2. The van der Waals surface area contributed by atoms with E-state index in [-0.39, 0.29) is 24.2 Å². The molecule has 0 aliphatic carbocycles. The van der Waals surface area contributed by atoms with E-state index in [0.29, 0.717) is 13.1 Å². The number of β-amino-alcohol motifs (C(OH)–C–C–N with tert-alkyl or cyclic N) is 1. The number of carbonyl (C=O) groups is 1. The zero-order valence-electron chi connectivity index (χ0n) is 13.3. The molecule has 6 nitrogen and oxygen atoms in total. The maximum atomic E-state index is 12.2. The smallest absolute Gasteiger partial charge is 0.237 e. The lowest BCUT2D eigenvalue weighted by Gasteiger charge is -2.37. The summed E-state index contributed by atoms with van der Waals surface area (Å²) in [6.07, 6.45) is 2.06. The molecule has 2 fully saturated rings. The second kappa shape index (κ2) is 8.08. The molecule has 1 amide bonds. The first kappa shape index (κ1) is 16.7. The molecule has 21 heavy (non-hydrogen) atoms. The Bertz CT molecular complexity index is 324. The third-order valence-corrected chi connectivity index (χ3v) is 4.38. The Morgan fingerprint density at radius 2 is 2.05 bits per heavy atom. The van der Waals surface area contributed by atoms with Crippen LogP contribution in [0.25, 0.3) is 0 Å².